The molecule has 100 valence electrons. The molecule has 0 spiro atoms. The number of aliphatic hydroxyl groups is 1. The smallest absolute Gasteiger partial charge is 0.224 e. The van der Waals surface area contributed by atoms with Gasteiger partial charge in [-0.3, -0.25) is 4.79 Å². The summed E-state index contributed by atoms with van der Waals surface area (Å²) in [6.45, 7) is 3.50. The number of carbonyl (C=O) groups excluding carboxylic acids is 1. The largest absolute Gasteiger partial charge is 0.394 e. The summed E-state index contributed by atoms with van der Waals surface area (Å²) in [6.07, 6.45) is 0.682. The molecule has 0 aliphatic carbocycles. The molecule has 0 aromatic heterocycles. The topological polar surface area (TPSA) is 49.3 Å². The van der Waals surface area contributed by atoms with E-state index in [0.717, 1.165) is 0 Å². The molecule has 0 unspecified atom stereocenters. The number of hydrogen-bond acceptors (Lipinski definition) is 2. The molecule has 3 nitrogen and oxygen atoms in total. The van der Waals surface area contributed by atoms with Crippen LogP contribution in [0.4, 0.5) is 4.39 Å². The van der Waals surface area contributed by atoms with E-state index in [-0.39, 0.29) is 24.0 Å². The maximum Gasteiger partial charge on any atom is 0.224 e. The van der Waals surface area contributed by atoms with Crippen LogP contribution in [-0.4, -0.2) is 23.2 Å². The highest BCUT2D eigenvalue weighted by atomic mass is 35.5. The highest BCUT2D eigenvalue weighted by Crippen LogP contribution is 2.18. The molecule has 0 fully saturated rings. The van der Waals surface area contributed by atoms with Crippen LogP contribution in [-0.2, 0) is 11.2 Å². The summed E-state index contributed by atoms with van der Waals surface area (Å²) in [5, 5.41) is 12.2. The Balaban J connectivity index is 2.70. The molecule has 0 aliphatic rings. The Morgan fingerprint density at radius 2 is 2.22 bits per heavy atom. The molecule has 5 heteroatoms. The third kappa shape index (κ3) is 3.96. The van der Waals surface area contributed by atoms with E-state index >= 15 is 0 Å². The fourth-order valence-corrected chi connectivity index (χ4v) is 1.69. The second-order valence-corrected chi connectivity index (χ2v) is 4.94. The van der Waals surface area contributed by atoms with Crippen molar-refractivity contribution in [2.24, 2.45) is 0 Å². The van der Waals surface area contributed by atoms with Crippen molar-refractivity contribution in [1.29, 1.82) is 0 Å². The van der Waals surface area contributed by atoms with Crippen LogP contribution in [0, 0.1) is 5.82 Å². The van der Waals surface area contributed by atoms with Crippen molar-refractivity contribution in [3.05, 3.63) is 34.6 Å². The summed E-state index contributed by atoms with van der Waals surface area (Å²) < 4.78 is 12.8. The molecule has 1 atom stereocenters. The highest BCUT2D eigenvalue weighted by Gasteiger charge is 2.23. The van der Waals surface area contributed by atoms with E-state index in [1.165, 1.54) is 18.2 Å². The Bertz CT molecular complexity index is 433. The van der Waals surface area contributed by atoms with Gasteiger partial charge in [0.15, 0.2) is 0 Å². The molecule has 1 aromatic carbocycles. The SMILES string of the molecule is CC[C@@](C)(CO)NC(=O)Cc1ccc(F)cc1Cl. The Labute approximate surface area is 111 Å². The molecule has 0 aliphatic heterocycles. The fourth-order valence-electron chi connectivity index (χ4n) is 1.46. The average molecular weight is 274 g/mol. The van der Waals surface area contributed by atoms with Gasteiger partial charge >= 0.3 is 0 Å². The van der Waals surface area contributed by atoms with Crippen LogP contribution in [0.1, 0.15) is 25.8 Å². The second kappa shape index (κ2) is 6.16. The predicted molar refractivity (Wildman–Crippen MR) is 69.0 cm³/mol. The van der Waals surface area contributed by atoms with E-state index in [2.05, 4.69) is 5.32 Å². The van der Waals surface area contributed by atoms with E-state index in [1.807, 2.05) is 6.92 Å². The lowest BCUT2D eigenvalue weighted by atomic mass is 9.99. The highest BCUT2D eigenvalue weighted by molar-refractivity contribution is 6.31. The van der Waals surface area contributed by atoms with Crippen molar-refractivity contribution in [2.75, 3.05) is 6.61 Å². The van der Waals surface area contributed by atoms with Crippen LogP contribution in [0.2, 0.25) is 5.02 Å². The monoisotopic (exact) mass is 273 g/mol. The van der Waals surface area contributed by atoms with Crippen molar-refractivity contribution < 1.29 is 14.3 Å². The van der Waals surface area contributed by atoms with Crippen LogP contribution >= 0.6 is 11.6 Å². The van der Waals surface area contributed by atoms with Crippen LogP contribution in [0.3, 0.4) is 0 Å². The lowest BCUT2D eigenvalue weighted by Crippen LogP contribution is -2.48. The van der Waals surface area contributed by atoms with Crippen molar-refractivity contribution in [1.82, 2.24) is 5.32 Å². The van der Waals surface area contributed by atoms with Crippen molar-refractivity contribution in [3.8, 4) is 0 Å². The molecule has 1 amide bonds. The molecule has 1 aromatic rings. The number of benzene rings is 1. The molecule has 0 heterocycles. The van der Waals surface area contributed by atoms with Gasteiger partial charge in [-0.15, -0.1) is 0 Å². The third-order valence-corrected chi connectivity index (χ3v) is 3.29. The third-order valence-electron chi connectivity index (χ3n) is 2.94. The zero-order chi connectivity index (χ0) is 13.8. The van der Waals surface area contributed by atoms with Gasteiger partial charge < -0.3 is 10.4 Å². The standard InChI is InChI=1S/C13H17ClFNO2/c1-3-13(2,8-17)16-12(18)6-9-4-5-10(15)7-11(9)14/h4-5,7,17H,3,6,8H2,1-2H3,(H,16,18)/t13-/m0/s1. The summed E-state index contributed by atoms with van der Waals surface area (Å²) in [6, 6.07) is 3.92. The van der Waals surface area contributed by atoms with Crippen LogP contribution in [0.25, 0.3) is 0 Å². The average Bonchev–Trinajstić information content (AvgIpc) is 2.32. The molecule has 0 saturated heterocycles. The normalized spacial score (nSPS) is 14.1. The second-order valence-electron chi connectivity index (χ2n) is 4.53. The fraction of sp³-hybridized carbons (Fsp3) is 0.462. The van der Waals surface area contributed by atoms with Gasteiger partial charge in [0.05, 0.1) is 18.6 Å². The molecule has 1 rings (SSSR count). The first-order chi connectivity index (χ1) is 8.40. The van der Waals surface area contributed by atoms with Crippen LogP contribution < -0.4 is 5.32 Å². The van der Waals surface area contributed by atoms with Crippen LogP contribution in [0.15, 0.2) is 18.2 Å². The van der Waals surface area contributed by atoms with E-state index in [1.54, 1.807) is 6.92 Å². The number of carbonyl (C=O) groups is 1. The van der Waals surface area contributed by atoms with Gasteiger partial charge in [-0.25, -0.2) is 4.39 Å². The number of nitrogens with one attached hydrogen (secondary N) is 1. The van der Waals surface area contributed by atoms with Crippen molar-refractivity contribution >= 4 is 17.5 Å². The maximum absolute atomic E-state index is 12.8. The van der Waals surface area contributed by atoms with E-state index in [0.29, 0.717) is 12.0 Å². The predicted octanol–water partition coefficient (Wildman–Crippen LogP) is 2.30. The first-order valence-corrected chi connectivity index (χ1v) is 6.14. The molecular weight excluding hydrogens is 257 g/mol. The van der Waals surface area contributed by atoms with Gasteiger partial charge in [0.25, 0.3) is 0 Å². The van der Waals surface area contributed by atoms with E-state index in [9.17, 15) is 14.3 Å². The number of amides is 1. The minimum atomic E-state index is -0.635. The lowest BCUT2D eigenvalue weighted by molar-refractivity contribution is -0.122. The maximum atomic E-state index is 12.8. The quantitative estimate of drug-likeness (QED) is 0.865. The van der Waals surface area contributed by atoms with E-state index < -0.39 is 11.4 Å². The van der Waals surface area contributed by atoms with Gasteiger partial charge in [0.1, 0.15) is 5.82 Å². The number of aliphatic hydroxyl groups excluding tert-OH is 1. The minimum Gasteiger partial charge on any atom is -0.394 e. The van der Waals surface area contributed by atoms with Gasteiger partial charge in [-0.1, -0.05) is 24.6 Å². The summed E-state index contributed by atoms with van der Waals surface area (Å²) >= 11 is 5.84. The lowest BCUT2D eigenvalue weighted by Gasteiger charge is -2.27. The van der Waals surface area contributed by atoms with Gasteiger partial charge in [0.2, 0.25) is 5.91 Å². The Kier molecular flexibility index (Phi) is 5.11. The molecule has 0 saturated carbocycles. The Morgan fingerprint density at radius 3 is 2.72 bits per heavy atom. The Morgan fingerprint density at radius 1 is 1.56 bits per heavy atom. The van der Waals surface area contributed by atoms with Gasteiger partial charge in [-0.2, -0.15) is 0 Å². The van der Waals surface area contributed by atoms with Crippen molar-refractivity contribution in [2.45, 2.75) is 32.2 Å². The summed E-state index contributed by atoms with van der Waals surface area (Å²) in [5.41, 5.74) is -0.0733. The first-order valence-electron chi connectivity index (χ1n) is 5.76. The summed E-state index contributed by atoms with van der Waals surface area (Å²) in [7, 11) is 0. The first kappa shape index (κ1) is 14.9. The van der Waals surface area contributed by atoms with Gasteiger partial charge in [-0.05, 0) is 31.0 Å². The zero-order valence-electron chi connectivity index (χ0n) is 10.5. The molecule has 18 heavy (non-hydrogen) atoms. The number of halogens is 2. The summed E-state index contributed by atoms with van der Waals surface area (Å²) in [5.74, 6) is -0.681. The molecule has 2 N–H and O–H groups in total. The molecule has 0 bridgehead atoms. The zero-order valence-corrected chi connectivity index (χ0v) is 11.2. The number of hydrogen-bond donors (Lipinski definition) is 2. The van der Waals surface area contributed by atoms with Crippen molar-refractivity contribution in [3.63, 3.8) is 0 Å². The minimum absolute atomic E-state index is 0.0642. The molecular formula is C13H17ClFNO2. The summed E-state index contributed by atoms with van der Waals surface area (Å²) in [4.78, 5) is 11.8. The van der Waals surface area contributed by atoms with Gasteiger partial charge in [0, 0.05) is 5.02 Å². The Hall–Kier alpha value is -1.13. The molecule has 0 radical (unpaired) electrons. The van der Waals surface area contributed by atoms with Crippen LogP contribution in [0.5, 0.6) is 0 Å². The van der Waals surface area contributed by atoms with E-state index in [4.69, 9.17) is 11.6 Å². The number of rotatable bonds is 5.